The highest BCUT2D eigenvalue weighted by atomic mass is 35.5. The Labute approximate surface area is 188 Å². The molecule has 0 spiro atoms. The van der Waals surface area contributed by atoms with E-state index in [1.807, 2.05) is 24.3 Å². The van der Waals surface area contributed by atoms with Gasteiger partial charge in [-0.1, -0.05) is 60.1 Å². The molecule has 3 aromatic rings. The number of amides is 2. The number of hydrogen-bond acceptors (Lipinski definition) is 4. The number of halogens is 2. The number of ether oxygens (including phenoxy) is 1. The number of hydrogen-bond donors (Lipinski definition) is 0. The molecular formula is C24H17ClFNO3S. The third-order valence-electron chi connectivity index (χ3n) is 4.67. The Hall–Kier alpha value is -3.09. The number of carbonyl (C=O) groups excluding carboxylic acids is 2. The minimum absolute atomic E-state index is 0.102. The Morgan fingerprint density at radius 2 is 1.71 bits per heavy atom. The van der Waals surface area contributed by atoms with Crippen molar-refractivity contribution in [3.05, 3.63) is 105 Å². The Bertz CT molecular complexity index is 1180. The van der Waals surface area contributed by atoms with Crippen molar-refractivity contribution in [1.29, 1.82) is 0 Å². The SMILES string of the molecule is O=C1S/C(=C/c2cccc(OCc3ccccc3Cl)c2)C(=O)N1Cc1ccccc1F. The van der Waals surface area contributed by atoms with Crippen molar-refractivity contribution in [2.45, 2.75) is 13.2 Å². The molecule has 156 valence electrons. The number of imide groups is 1. The molecule has 0 atom stereocenters. The van der Waals surface area contributed by atoms with E-state index >= 15 is 0 Å². The topological polar surface area (TPSA) is 46.6 Å². The third-order valence-corrected chi connectivity index (χ3v) is 5.94. The molecule has 0 bridgehead atoms. The quantitative estimate of drug-likeness (QED) is 0.411. The van der Waals surface area contributed by atoms with Crippen molar-refractivity contribution in [3.8, 4) is 5.75 Å². The molecule has 1 heterocycles. The zero-order valence-corrected chi connectivity index (χ0v) is 17.8. The second-order valence-electron chi connectivity index (χ2n) is 6.81. The van der Waals surface area contributed by atoms with Gasteiger partial charge in [0.25, 0.3) is 11.1 Å². The minimum atomic E-state index is -0.450. The van der Waals surface area contributed by atoms with Gasteiger partial charge in [0, 0.05) is 16.1 Å². The Morgan fingerprint density at radius 3 is 2.48 bits per heavy atom. The molecule has 0 aliphatic carbocycles. The number of rotatable bonds is 6. The van der Waals surface area contributed by atoms with Crippen LogP contribution in [0.3, 0.4) is 0 Å². The lowest BCUT2D eigenvalue weighted by Crippen LogP contribution is -2.27. The largest absolute Gasteiger partial charge is 0.489 e. The van der Waals surface area contributed by atoms with Crippen LogP contribution in [0.5, 0.6) is 5.75 Å². The molecule has 0 radical (unpaired) electrons. The Kier molecular flexibility index (Phi) is 6.39. The van der Waals surface area contributed by atoms with E-state index < -0.39 is 17.0 Å². The van der Waals surface area contributed by atoms with E-state index in [-0.39, 0.29) is 11.4 Å². The normalized spacial score (nSPS) is 15.0. The van der Waals surface area contributed by atoms with Crippen LogP contribution >= 0.6 is 23.4 Å². The fourth-order valence-electron chi connectivity index (χ4n) is 3.06. The molecule has 4 rings (SSSR count). The Balaban J connectivity index is 1.48. The maximum absolute atomic E-state index is 13.9. The van der Waals surface area contributed by atoms with Crippen LogP contribution < -0.4 is 4.74 Å². The molecule has 0 unspecified atom stereocenters. The highest BCUT2D eigenvalue weighted by Gasteiger charge is 2.35. The van der Waals surface area contributed by atoms with E-state index in [2.05, 4.69) is 0 Å². The van der Waals surface area contributed by atoms with Crippen LogP contribution in [0, 0.1) is 5.82 Å². The van der Waals surface area contributed by atoms with Crippen LogP contribution in [0.2, 0.25) is 5.02 Å². The van der Waals surface area contributed by atoms with Crippen molar-refractivity contribution in [2.75, 3.05) is 0 Å². The van der Waals surface area contributed by atoms with Gasteiger partial charge in [0.05, 0.1) is 11.4 Å². The van der Waals surface area contributed by atoms with Crippen LogP contribution in [0.25, 0.3) is 6.08 Å². The predicted octanol–water partition coefficient (Wildman–Crippen LogP) is 6.29. The monoisotopic (exact) mass is 453 g/mol. The van der Waals surface area contributed by atoms with Crippen LogP contribution in [0.4, 0.5) is 9.18 Å². The summed E-state index contributed by atoms with van der Waals surface area (Å²) >= 11 is 6.99. The first-order valence-corrected chi connectivity index (χ1v) is 10.7. The Morgan fingerprint density at radius 1 is 0.968 bits per heavy atom. The first-order chi connectivity index (χ1) is 15.0. The molecule has 0 aromatic heterocycles. The standard InChI is InChI=1S/C24H17ClFNO3S/c25-20-10-3-1-8-18(20)15-30-19-9-5-6-16(12-19)13-22-23(28)27(24(29)31-22)14-17-7-2-4-11-21(17)26/h1-13H,14-15H2/b22-13+. The van der Waals surface area contributed by atoms with Crippen molar-refractivity contribution in [2.24, 2.45) is 0 Å². The first kappa shape index (κ1) is 21.2. The van der Waals surface area contributed by atoms with Gasteiger partial charge in [0.2, 0.25) is 0 Å². The van der Waals surface area contributed by atoms with Gasteiger partial charge in [-0.3, -0.25) is 14.5 Å². The fraction of sp³-hybridized carbons (Fsp3) is 0.0833. The summed E-state index contributed by atoms with van der Waals surface area (Å²) in [4.78, 5) is 26.4. The molecule has 0 saturated carbocycles. The fourth-order valence-corrected chi connectivity index (χ4v) is 4.08. The van der Waals surface area contributed by atoms with E-state index in [1.54, 1.807) is 48.5 Å². The summed E-state index contributed by atoms with van der Waals surface area (Å²) in [5.74, 6) is -0.284. The molecule has 1 aliphatic rings. The van der Waals surface area contributed by atoms with E-state index in [4.69, 9.17) is 16.3 Å². The summed E-state index contributed by atoms with van der Waals surface area (Å²) in [6, 6.07) is 20.7. The van der Waals surface area contributed by atoms with Crippen molar-refractivity contribution < 1.29 is 18.7 Å². The number of nitrogens with zero attached hydrogens (tertiary/aromatic N) is 1. The molecule has 4 nitrogen and oxygen atoms in total. The number of carbonyl (C=O) groups is 2. The third kappa shape index (κ3) is 4.98. The lowest BCUT2D eigenvalue weighted by atomic mass is 10.2. The summed E-state index contributed by atoms with van der Waals surface area (Å²) in [6.45, 7) is 0.206. The van der Waals surface area contributed by atoms with Crippen LogP contribution in [0.1, 0.15) is 16.7 Å². The highest BCUT2D eigenvalue weighted by molar-refractivity contribution is 8.18. The summed E-state index contributed by atoms with van der Waals surface area (Å²) in [6.07, 6.45) is 1.63. The zero-order chi connectivity index (χ0) is 21.8. The molecule has 1 aliphatic heterocycles. The average Bonchev–Trinajstić information content (AvgIpc) is 3.02. The lowest BCUT2D eigenvalue weighted by Gasteiger charge is -2.12. The van der Waals surface area contributed by atoms with Crippen LogP contribution in [-0.2, 0) is 17.9 Å². The van der Waals surface area contributed by atoms with E-state index in [9.17, 15) is 14.0 Å². The van der Waals surface area contributed by atoms with Crippen molar-refractivity contribution in [1.82, 2.24) is 4.90 Å². The lowest BCUT2D eigenvalue weighted by molar-refractivity contribution is -0.123. The van der Waals surface area contributed by atoms with Crippen molar-refractivity contribution in [3.63, 3.8) is 0 Å². The molecule has 1 fully saturated rings. The van der Waals surface area contributed by atoms with Gasteiger partial charge in [-0.15, -0.1) is 0 Å². The van der Waals surface area contributed by atoms with Crippen LogP contribution in [0.15, 0.2) is 77.7 Å². The summed E-state index contributed by atoms with van der Waals surface area (Å²) in [5.41, 5.74) is 1.87. The summed E-state index contributed by atoms with van der Waals surface area (Å²) < 4.78 is 19.7. The van der Waals surface area contributed by atoms with Gasteiger partial charge in [0.15, 0.2) is 0 Å². The van der Waals surface area contributed by atoms with Gasteiger partial charge in [-0.25, -0.2) is 4.39 Å². The molecule has 3 aromatic carbocycles. The van der Waals surface area contributed by atoms with E-state index in [0.717, 1.165) is 22.2 Å². The molecular weight excluding hydrogens is 437 g/mol. The average molecular weight is 454 g/mol. The van der Waals surface area contributed by atoms with Gasteiger partial charge in [-0.2, -0.15) is 0 Å². The smallest absolute Gasteiger partial charge is 0.293 e. The maximum atomic E-state index is 13.9. The highest BCUT2D eigenvalue weighted by Crippen LogP contribution is 2.34. The predicted molar refractivity (Wildman–Crippen MR) is 120 cm³/mol. The van der Waals surface area contributed by atoms with Crippen molar-refractivity contribution >= 4 is 40.6 Å². The molecule has 0 N–H and O–H groups in total. The zero-order valence-electron chi connectivity index (χ0n) is 16.3. The summed E-state index contributed by atoms with van der Waals surface area (Å²) in [5, 5.41) is 0.202. The van der Waals surface area contributed by atoms with Gasteiger partial charge in [0.1, 0.15) is 18.2 Å². The minimum Gasteiger partial charge on any atom is -0.489 e. The van der Waals surface area contributed by atoms with Crippen LogP contribution in [-0.4, -0.2) is 16.0 Å². The molecule has 7 heteroatoms. The molecule has 2 amide bonds. The number of benzene rings is 3. The summed E-state index contributed by atoms with van der Waals surface area (Å²) in [7, 11) is 0. The maximum Gasteiger partial charge on any atom is 0.293 e. The first-order valence-electron chi connectivity index (χ1n) is 9.46. The second-order valence-corrected chi connectivity index (χ2v) is 8.21. The molecule has 31 heavy (non-hydrogen) atoms. The molecule has 1 saturated heterocycles. The van der Waals surface area contributed by atoms with Gasteiger partial charge >= 0.3 is 0 Å². The van der Waals surface area contributed by atoms with Gasteiger partial charge in [-0.05, 0) is 47.7 Å². The van der Waals surface area contributed by atoms with Gasteiger partial charge < -0.3 is 4.74 Å². The van der Waals surface area contributed by atoms with E-state index in [1.165, 1.54) is 6.07 Å². The number of thioether (sulfide) groups is 1. The van der Waals surface area contributed by atoms with E-state index in [0.29, 0.717) is 28.5 Å². The second kappa shape index (κ2) is 9.37.